The van der Waals surface area contributed by atoms with E-state index < -0.39 is 15.3 Å². The quantitative estimate of drug-likeness (QED) is 0.616. The molecule has 74 valence electrons. The molecule has 0 aromatic rings. The molecule has 0 aliphatic carbocycles. The van der Waals surface area contributed by atoms with Crippen LogP contribution in [0.1, 0.15) is 13.3 Å². The molecular weight excluding hydrogens is 180 g/mol. The Kier molecular flexibility index (Phi) is 4.16. The highest BCUT2D eigenvalue weighted by Crippen LogP contribution is 2.19. The number of hydrogen-bond acceptors (Lipinski definition) is 4. The van der Waals surface area contributed by atoms with E-state index in [9.17, 15) is 8.42 Å². The first-order valence-electron chi connectivity index (χ1n) is 3.72. The Morgan fingerprint density at radius 3 is 1.92 bits per heavy atom. The normalized spacial score (nSPS) is 13.3. The van der Waals surface area contributed by atoms with Crippen LogP contribution in [0.5, 0.6) is 0 Å². The van der Waals surface area contributed by atoms with Crippen molar-refractivity contribution in [3.63, 3.8) is 0 Å². The van der Waals surface area contributed by atoms with Gasteiger partial charge in [-0.15, -0.1) is 0 Å². The lowest BCUT2D eigenvalue weighted by molar-refractivity contribution is 0.0677. The van der Waals surface area contributed by atoms with Crippen LogP contribution in [0.3, 0.4) is 0 Å². The van der Waals surface area contributed by atoms with Gasteiger partial charge in [-0.25, -0.2) is 8.42 Å². The van der Waals surface area contributed by atoms with E-state index in [1.165, 1.54) is 0 Å². The summed E-state index contributed by atoms with van der Waals surface area (Å²) < 4.78 is 21.5. The predicted molar refractivity (Wildman–Crippen MR) is 46.6 cm³/mol. The molecule has 0 aliphatic heterocycles. The molecule has 5 heteroatoms. The van der Waals surface area contributed by atoms with Crippen molar-refractivity contribution in [2.75, 3.05) is 25.2 Å². The van der Waals surface area contributed by atoms with Gasteiger partial charge in [0.15, 0.2) is 0 Å². The monoisotopic (exact) mass is 196 g/mol. The van der Waals surface area contributed by atoms with Gasteiger partial charge in [0.05, 0.1) is 19.0 Å². The lowest BCUT2D eigenvalue weighted by Gasteiger charge is -2.23. The molecule has 0 bridgehead atoms. The maximum absolute atomic E-state index is 10.7. The Hall–Kier alpha value is -0.130. The molecule has 4 nitrogen and oxygen atoms in total. The SMILES string of the molecule is CC(CO)(CO)CCS(C)(=O)=O. The van der Waals surface area contributed by atoms with Gasteiger partial charge in [0, 0.05) is 11.7 Å². The van der Waals surface area contributed by atoms with Gasteiger partial charge in [-0.3, -0.25) is 0 Å². The fraction of sp³-hybridized carbons (Fsp3) is 1.00. The molecule has 0 fully saturated rings. The standard InChI is InChI=1S/C7H16O4S/c1-7(5-8,6-9)3-4-12(2,10)11/h8-9H,3-6H2,1-2H3. The maximum atomic E-state index is 10.7. The Morgan fingerprint density at radius 2 is 1.67 bits per heavy atom. The number of sulfone groups is 1. The summed E-state index contributed by atoms with van der Waals surface area (Å²) in [6.07, 6.45) is 1.43. The van der Waals surface area contributed by atoms with Crippen LogP contribution < -0.4 is 0 Å². The summed E-state index contributed by atoms with van der Waals surface area (Å²) in [5.41, 5.74) is -0.678. The molecule has 0 atom stereocenters. The molecule has 0 rings (SSSR count). The van der Waals surface area contributed by atoms with E-state index in [1.807, 2.05) is 0 Å². The topological polar surface area (TPSA) is 74.6 Å². The van der Waals surface area contributed by atoms with Crippen molar-refractivity contribution in [3.8, 4) is 0 Å². The molecule has 0 heterocycles. The average molecular weight is 196 g/mol. The summed E-state index contributed by atoms with van der Waals surface area (Å²) in [4.78, 5) is 0. The first-order chi connectivity index (χ1) is 5.33. The van der Waals surface area contributed by atoms with Crippen LogP contribution in [0, 0.1) is 5.41 Å². The molecule has 0 saturated carbocycles. The second kappa shape index (κ2) is 4.20. The van der Waals surface area contributed by atoms with Crippen LogP contribution >= 0.6 is 0 Å². The van der Waals surface area contributed by atoms with E-state index in [-0.39, 0.29) is 19.0 Å². The highest BCUT2D eigenvalue weighted by atomic mass is 32.2. The zero-order chi connectivity index (χ0) is 9.83. The van der Waals surface area contributed by atoms with Crippen molar-refractivity contribution in [3.05, 3.63) is 0 Å². The zero-order valence-corrected chi connectivity index (χ0v) is 8.26. The van der Waals surface area contributed by atoms with Crippen molar-refractivity contribution >= 4 is 9.84 Å². The minimum Gasteiger partial charge on any atom is -0.396 e. The molecule has 0 spiro atoms. The van der Waals surface area contributed by atoms with Gasteiger partial charge >= 0.3 is 0 Å². The second-order valence-electron chi connectivity index (χ2n) is 3.51. The molecule has 0 saturated heterocycles. The molecule has 2 N–H and O–H groups in total. The largest absolute Gasteiger partial charge is 0.396 e. The molecule has 12 heavy (non-hydrogen) atoms. The fourth-order valence-corrected chi connectivity index (χ4v) is 1.50. The molecular formula is C7H16O4S. The number of aliphatic hydroxyl groups is 2. The summed E-state index contributed by atoms with van der Waals surface area (Å²) in [6, 6.07) is 0. The Morgan fingerprint density at radius 1 is 1.25 bits per heavy atom. The van der Waals surface area contributed by atoms with E-state index in [0.717, 1.165) is 6.26 Å². The third-order valence-electron chi connectivity index (χ3n) is 1.84. The Balaban J connectivity index is 4.07. The van der Waals surface area contributed by atoms with Crippen molar-refractivity contribution in [2.24, 2.45) is 5.41 Å². The predicted octanol–water partition coefficient (Wildman–Crippen LogP) is -0.588. The van der Waals surface area contributed by atoms with Crippen LogP contribution in [0.15, 0.2) is 0 Å². The zero-order valence-electron chi connectivity index (χ0n) is 7.45. The number of hydrogen-bond donors (Lipinski definition) is 2. The highest BCUT2D eigenvalue weighted by Gasteiger charge is 2.23. The van der Waals surface area contributed by atoms with Crippen LogP contribution in [0.4, 0.5) is 0 Å². The summed E-state index contributed by atoms with van der Waals surface area (Å²) in [5.74, 6) is 0.00458. The van der Waals surface area contributed by atoms with Gasteiger partial charge in [0.1, 0.15) is 9.84 Å². The molecule has 0 unspecified atom stereocenters. The minimum atomic E-state index is -3.00. The van der Waals surface area contributed by atoms with Crippen LogP contribution in [-0.2, 0) is 9.84 Å². The summed E-state index contributed by atoms with van der Waals surface area (Å²) in [6.45, 7) is 1.26. The van der Waals surface area contributed by atoms with Gasteiger partial charge in [-0.2, -0.15) is 0 Å². The minimum absolute atomic E-state index is 0.00458. The van der Waals surface area contributed by atoms with Crippen molar-refractivity contribution in [1.29, 1.82) is 0 Å². The fourth-order valence-electron chi connectivity index (χ4n) is 0.640. The Bertz CT molecular complexity index is 216. The van der Waals surface area contributed by atoms with Crippen molar-refractivity contribution in [1.82, 2.24) is 0 Å². The number of aliphatic hydroxyl groups excluding tert-OH is 2. The number of rotatable bonds is 5. The lowest BCUT2D eigenvalue weighted by atomic mass is 9.90. The van der Waals surface area contributed by atoms with Gasteiger partial charge in [-0.1, -0.05) is 6.92 Å². The van der Waals surface area contributed by atoms with Gasteiger partial charge in [0.2, 0.25) is 0 Å². The molecule has 0 aromatic carbocycles. The second-order valence-corrected chi connectivity index (χ2v) is 5.77. The third kappa shape index (κ3) is 4.69. The van der Waals surface area contributed by atoms with E-state index in [0.29, 0.717) is 6.42 Å². The molecule has 0 aromatic heterocycles. The Labute approximate surface area is 73.1 Å². The highest BCUT2D eigenvalue weighted by molar-refractivity contribution is 7.90. The van der Waals surface area contributed by atoms with Crippen LogP contribution in [0.25, 0.3) is 0 Å². The van der Waals surface area contributed by atoms with E-state index in [2.05, 4.69) is 0 Å². The van der Waals surface area contributed by atoms with Crippen LogP contribution in [-0.4, -0.2) is 43.9 Å². The summed E-state index contributed by atoms with van der Waals surface area (Å²) >= 11 is 0. The first-order valence-corrected chi connectivity index (χ1v) is 5.78. The van der Waals surface area contributed by atoms with E-state index >= 15 is 0 Å². The third-order valence-corrected chi connectivity index (χ3v) is 2.79. The van der Waals surface area contributed by atoms with Gasteiger partial charge in [0.25, 0.3) is 0 Å². The van der Waals surface area contributed by atoms with Gasteiger partial charge < -0.3 is 10.2 Å². The van der Waals surface area contributed by atoms with Crippen molar-refractivity contribution < 1.29 is 18.6 Å². The summed E-state index contributed by atoms with van der Waals surface area (Å²) in [7, 11) is -3.00. The smallest absolute Gasteiger partial charge is 0.147 e. The molecule has 0 radical (unpaired) electrons. The lowest BCUT2D eigenvalue weighted by Crippen LogP contribution is -2.28. The van der Waals surface area contributed by atoms with E-state index in [1.54, 1.807) is 6.92 Å². The maximum Gasteiger partial charge on any atom is 0.147 e. The van der Waals surface area contributed by atoms with Crippen molar-refractivity contribution in [2.45, 2.75) is 13.3 Å². The van der Waals surface area contributed by atoms with Gasteiger partial charge in [-0.05, 0) is 6.42 Å². The average Bonchev–Trinajstić information content (AvgIpc) is 1.99. The first kappa shape index (κ1) is 11.9. The molecule has 0 amide bonds. The molecule has 0 aliphatic rings. The summed E-state index contributed by atoms with van der Waals surface area (Å²) in [5, 5.41) is 17.7. The van der Waals surface area contributed by atoms with E-state index in [4.69, 9.17) is 10.2 Å². The van der Waals surface area contributed by atoms with Crippen LogP contribution in [0.2, 0.25) is 0 Å².